The van der Waals surface area contributed by atoms with Crippen molar-refractivity contribution in [3.8, 4) is 5.75 Å². The summed E-state index contributed by atoms with van der Waals surface area (Å²) in [6, 6.07) is 4.28. The van der Waals surface area contributed by atoms with Gasteiger partial charge < -0.3 is 20.5 Å². The number of hydrogen-bond acceptors (Lipinski definition) is 4. The molecular formula is C14H21FN2O3. The zero-order chi connectivity index (χ0) is 15.0. The summed E-state index contributed by atoms with van der Waals surface area (Å²) < 4.78 is 23.5. The Bertz CT molecular complexity index is 438. The lowest BCUT2D eigenvalue weighted by Gasteiger charge is -2.10. The molecule has 0 fully saturated rings. The van der Waals surface area contributed by atoms with E-state index in [1.165, 1.54) is 12.1 Å². The fraction of sp³-hybridized carbons (Fsp3) is 0.500. The van der Waals surface area contributed by atoms with Gasteiger partial charge in [-0.1, -0.05) is 0 Å². The van der Waals surface area contributed by atoms with E-state index in [0.29, 0.717) is 25.3 Å². The minimum Gasteiger partial charge on any atom is -0.484 e. The number of rotatable bonds is 8. The van der Waals surface area contributed by atoms with Crippen molar-refractivity contribution in [2.45, 2.75) is 19.4 Å². The lowest BCUT2D eigenvalue weighted by molar-refractivity contribution is -0.123. The number of amides is 1. The molecule has 1 aromatic rings. The summed E-state index contributed by atoms with van der Waals surface area (Å²) in [4.78, 5) is 11.4. The van der Waals surface area contributed by atoms with Crippen LogP contribution >= 0.6 is 0 Å². The van der Waals surface area contributed by atoms with Crippen LogP contribution < -0.4 is 15.8 Å². The third-order valence-corrected chi connectivity index (χ3v) is 2.49. The Hall–Kier alpha value is -1.66. The largest absolute Gasteiger partial charge is 0.484 e. The van der Waals surface area contributed by atoms with Gasteiger partial charge in [0, 0.05) is 25.8 Å². The molecule has 1 aromatic carbocycles. The molecule has 0 aliphatic rings. The van der Waals surface area contributed by atoms with E-state index in [4.69, 9.17) is 15.2 Å². The standard InChI is InChI=1S/C14H21FN2O3/c1-10(16)5-11-6-12(15)8-13(7-11)20-9-14(18)17-3-4-19-2/h6-8,10H,3-5,9,16H2,1-2H3,(H,17,18). The van der Waals surface area contributed by atoms with E-state index in [1.807, 2.05) is 6.92 Å². The fourth-order valence-corrected chi connectivity index (χ4v) is 1.69. The Morgan fingerprint density at radius 2 is 2.20 bits per heavy atom. The summed E-state index contributed by atoms with van der Waals surface area (Å²) in [5.74, 6) is -0.361. The van der Waals surface area contributed by atoms with Crippen LogP contribution in [0.4, 0.5) is 4.39 Å². The van der Waals surface area contributed by atoms with Gasteiger partial charge in [0.15, 0.2) is 6.61 Å². The highest BCUT2D eigenvalue weighted by atomic mass is 19.1. The number of benzene rings is 1. The Morgan fingerprint density at radius 3 is 2.85 bits per heavy atom. The highest BCUT2D eigenvalue weighted by molar-refractivity contribution is 5.77. The number of halogens is 1. The molecule has 5 nitrogen and oxygen atoms in total. The van der Waals surface area contributed by atoms with Crippen LogP contribution in [0.25, 0.3) is 0 Å². The molecule has 0 aliphatic carbocycles. The van der Waals surface area contributed by atoms with E-state index in [9.17, 15) is 9.18 Å². The quantitative estimate of drug-likeness (QED) is 0.694. The summed E-state index contributed by atoms with van der Waals surface area (Å²) in [5, 5.41) is 2.61. The van der Waals surface area contributed by atoms with Crippen molar-refractivity contribution in [1.29, 1.82) is 0 Å². The van der Waals surface area contributed by atoms with E-state index in [-0.39, 0.29) is 18.6 Å². The third-order valence-electron chi connectivity index (χ3n) is 2.49. The molecule has 0 saturated carbocycles. The number of nitrogens with two attached hydrogens (primary N) is 1. The summed E-state index contributed by atoms with van der Waals surface area (Å²) in [6.07, 6.45) is 0.550. The van der Waals surface area contributed by atoms with Gasteiger partial charge in [-0.05, 0) is 31.0 Å². The van der Waals surface area contributed by atoms with E-state index >= 15 is 0 Å². The maximum Gasteiger partial charge on any atom is 0.258 e. The van der Waals surface area contributed by atoms with E-state index in [1.54, 1.807) is 13.2 Å². The number of methoxy groups -OCH3 is 1. The Balaban J connectivity index is 2.50. The van der Waals surface area contributed by atoms with E-state index in [2.05, 4.69) is 5.32 Å². The molecule has 0 aromatic heterocycles. The van der Waals surface area contributed by atoms with Gasteiger partial charge in [-0.2, -0.15) is 0 Å². The van der Waals surface area contributed by atoms with E-state index < -0.39 is 5.82 Å². The molecule has 0 radical (unpaired) electrons. The number of carbonyl (C=O) groups is 1. The zero-order valence-corrected chi connectivity index (χ0v) is 11.8. The van der Waals surface area contributed by atoms with Crippen LogP contribution in [-0.4, -0.2) is 38.8 Å². The van der Waals surface area contributed by atoms with Crippen molar-refractivity contribution in [1.82, 2.24) is 5.32 Å². The first-order valence-electron chi connectivity index (χ1n) is 6.44. The van der Waals surface area contributed by atoms with Crippen molar-refractivity contribution in [2.24, 2.45) is 5.73 Å². The Morgan fingerprint density at radius 1 is 1.45 bits per heavy atom. The van der Waals surface area contributed by atoms with Gasteiger partial charge in [-0.3, -0.25) is 4.79 Å². The van der Waals surface area contributed by atoms with Crippen LogP contribution in [0.5, 0.6) is 5.75 Å². The second-order valence-electron chi connectivity index (χ2n) is 4.61. The van der Waals surface area contributed by atoms with Crippen molar-refractivity contribution in [3.63, 3.8) is 0 Å². The molecule has 0 aliphatic heterocycles. The van der Waals surface area contributed by atoms with Crippen LogP contribution in [0.3, 0.4) is 0 Å². The van der Waals surface area contributed by atoms with Crippen molar-refractivity contribution in [2.75, 3.05) is 26.9 Å². The first-order chi connectivity index (χ1) is 9.51. The molecule has 6 heteroatoms. The monoisotopic (exact) mass is 284 g/mol. The van der Waals surface area contributed by atoms with Crippen LogP contribution in [0, 0.1) is 5.82 Å². The molecule has 0 spiro atoms. The summed E-state index contributed by atoms with van der Waals surface area (Å²) in [7, 11) is 1.55. The lowest BCUT2D eigenvalue weighted by atomic mass is 10.1. The highest BCUT2D eigenvalue weighted by Crippen LogP contribution is 2.17. The van der Waals surface area contributed by atoms with Gasteiger partial charge in [0.2, 0.25) is 0 Å². The maximum absolute atomic E-state index is 13.4. The average molecular weight is 284 g/mol. The maximum atomic E-state index is 13.4. The second kappa shape index (κ2) is 8.50. The van der Waals surface area contributed by atoms with Crippen molar-refractivity contribution >= 4 is 5.91 Å². The minimum absolute atomic E-state index is 0.0676. The highest BCUT2D eigenvalue weighted by Gasteiger charge is 2.06. The van der Waals surface area contributed by atoms with Gasteiger partial charge in [0.1, 0.15) is 11.6 Å². The minimum atomic E-state index is -0.405. The summed E-state index contributed by atoms with van der Waals surface area (Å²) in [6.45, 7) is 2.53. The predicted molar refractivity (Wildman–Crippen MR) is 74.1 cm³/mol. The Labute approximate surface area is 118 Å². The molecule has 0 bridgehead atoms. The Kier molecular flexibility index (Phi) is 6.97. The smallest absolute Gasteiger partial charge is 0.258 e. The predicted octanol–water partition coefficient (Wildman–Crippen LogP) is 0.857. The number of nitrogens with one attached hydrogen (secondary N) is 1. The topological polar surface area (TPSA) is 73.6 Å². The zero-order valence-electron chi connectivity index (χ0n) is 11.8. The van der Waals surface area contributed by atoms with Crippen LogP contribution in [-0.2, 0) is 16.0 Å². The molecular weight excluding hydrogens is 263 g/mol. The van der Waals surface area contributed by atoms with Gasteiger partial charge in [-0.25, -0.2) is 4.39 Å². The average Bonchev–Trinajstić information content (AvgIpc) is 2.35. The second-order valence-corrected chi connectivity index (χ2v) is 4.61. The van der Waals surface area contributed by atoms with Gasteiger partial charge in [0.05, 0.1) is 6.61 Å². The summed E-state index contributed by atoms with van der Waals surface area (Å²) in [5.41, 5.74) is 6.42. The summed E-state index contributed by atoms with van der Waals surface area (Å²) >= 11 is 0. The molecule has 1 amide bonds. The van der Waals surface area contributed by atoms with Crippen LogP contribution in [0.1, 0.15) is 12.5 Å². The number of carbonyl (C=O) groups excluding carboxylic acids is 1. The van der Waals surface area contributed by atoms with Crippen LogP contribution in [0.15, 0.2) is 18.2 Å². The van der Waals surface area contributed by atoms with Crippen molar-refractivity contribution in [3.05, 3.63) is 29.6 Å². The van der Waals surface area contributed by atoms with Gasteiger partial charge >= 0.3 is 0 Å². The molecule has 112 valence electrons. The molecule has 1 atom stereocenters. The third kappa shape index (κ3) is 6.49. The normalized spacial score (nSPS) is 12.0. The van der Waals surface area contributed by atoms with Crippen LogP contribution in [0.2, 0.25) is 0 Å². The molecule has 1 unspecified atom stereocenters. The van der Waals surface area contributed by atoms with Gasteiger partial charge in [-0.15, -0.1) is 0 Å². The number of hydrogen-bond donors (Lipinski definition) is 2. The molecule has 1 rings (SSSR count). The fourth-order valence-electron chi connectivity index (χ4n) is 1.69. The number of ether oxygens (including phenoxy) is 2. The van der Waals surface area contributed by atoms with Crippen molar-refractivity contribution < 1.29 is 18.7 Å². The molecule has 20 heavy (non-hydrogen) atoms. The first kappa shape index (κ1) is 16.4. The molecule has 3 N–H and O–H groups in total. The molecule has 0 saturated heterocycles. The first-order valence-corrected chi connectivity index (χ1v) is 6.44. The SMILES string of the molecule is COCCNC(=O)COc1cc(F)cc(CC(C)N)c1. The lowest BCUT2D eigenvalue weighted by Crippen LogP contribution is -2.31. The van der Waals surface area contributed by atoms with Gasteiger partial charge in [0.25, 0.3) is 5.91 Å². The molecule has 0 heterocycles. The van der Waals surface area contributed by atoms with E-state index in [0.717, 1.165) is 5.56 Å².